The zero-order valence-electron chi connectivity index (χ0n) is 29.3. The molecule has 12 rings (SSSR count). The Labute approximate surface area is 318 Å². The number of hydrogen-bond acceptors (Lipinski definition) is 5. The van der Waals surface area contributed by atoms with Crippen LogP contribution in [0.3, 0.4) is 0 Å². The molecule has 4 aromatic heterocycles. The molecule has 0 atom stereocenters. The lowest BCUT2D eigenvalue weighted by atomic mass is 10.0. The van der Waals surface area contributed by atoms with Crippen LogP contribution in [-0.4, -0.2) is 19.5 Å². The van der Waals surface area contributed by atoms with Crippen molar-refractivity contribution in [3.8, 4) is 39.9 Å². The van der Waals surface area contributed by atoms with Gasteiger partial charge >= 0.3 is 0 Å². The molecule has 4 heterocycles. The minimum Gasteiger partial charge on any atom is -0.454 e. The van der Waals surface area contributed by atoms with Gasteiger partial charge in [0.25, 0.3) is 0 Å². The van der Waals surface area contributed by atoms with Gasteiger partial charge in [-0.3, -0.25) is 0 Å². The van der Waals surface area contributed by atoms with Crippen LogP contribution in [0.25, 0.3) is 115 Å². The summed E-state index contributed by atoms with van der Waals surface area (Å²) >= 11 is 1.79. The van der Waals surface area contributed by atoms with Gasteiger partial charge in [0.1, 0.15) is 11.3 Å². The fraction of sp³-hybridized carbons (Fsp3) is 0. The Morgan fingerprint density at radius 1 is 0.418 bits per heavy atom. The van der Waals surface area contributed by atoms with Crippen LogP contribution in [0.15, 0.2) is 174 Å². The van der Waals surface area contributed by atoms with E-state index in [-0.39, 0.29) is 0 Å². The first-order valence-corrected chi connectivity index (χ1v) is 19.2. The Morgan fingerprint density at radius 2 is 1.07 bits per heavy atom. The average molecular weight is 721 g/mol. The number of nitrogens with zero attached hydrogens (tertiary/aromatic N) is 4. The summed E-state index contributed by atoms with van der Waals surface area (Å²) in [5.41, 5.74) is 7.39. The molecule has 0 spiro atoms. The molecule has 12 aromatic rings. The molecule has 0 aliphatic heterocycles. The third-order valence-electron chi connectivity index (χ3n) is 10.8. The van der Waals surface area contributed by atoms with Crippen molar-refractivity contribution >= 4 is 86.0 Å². The van der Waals surface area contributed by atoms with Gasteiger partial charge in [0, 0.05) is 58.4 Å². The minimum absolute atomic E-state index is 0.573. The van der Waals surface area contributed by atoms with Crippen LogP contribution in [0, 0.1) is 0 Å². The third-order valence-corrected chi connectivity index (χ3v) is 12.0. The van der Waals surface area contributed by atoms with E-state index in [9.17, 15) is 0 Å². The van der Waals surface area contributed by atoms with Crippen molar-refractivity contribution in [1.29, 1.82) is 0 Å². The van der Waals surface area contributed by atoms with Gasteiger partial charge in [-0.25, -0.2) is 15.0 Å². The largest absolute Gasteiger partial charge is 0.454 e. The van der Waals surface area contributed by atoms with E-state index in [1.54, 1.807) is 11.3 Å². The highest BCUT2D eigenvalue weighted by Crippen LogP contribution is 2.44. The van der Waals surface area contributed by atoms with Crippen LogP contribution >= 0.6 is 11.3 Å². The van der Waals surface area contributed by atoms with Crippen molar-refractivity contribution in [1.82, 2.24) is 19.5 Å². The maximum atomic E-state index is 6.87. The Bertz CT molecular complexity index is 3500. The summed E-state index contributed by atoms with van der Waals surface area (Å²) in [6, 6.07) is 59.6. The molecule has 0 aliphatic rings. The lowest BCUT2D eigenvalue weighted by molar-refractivity contribution is 0.666. The smallest absolute Gasteiger partial charge is 0.166 e. The second-order valence-electron chi connectivity index (χ2n) is 14.0. The Hall–Kier alpha value is -7.15. The molecule has 0 amide bonds. The Morgan fingerprint density at radius 3 is 1.95 bits per heavy atom. The SMILES string of the molecule is c1ccc(-c2nc(-c3ccc4c(c3)sc3ccccc34)nc(-c3ccc4c(oc5ccccc54)c3-n3c4ccccc4c4cc5ccccc5cc43)n2)cc1. The fourth-order valence-corrected chi connectivity index (χ4v) is 9.43. The zero-order chi connectivity index (χ0) is 36.0. The minimum atomic E-state index is 0.573. The van der Waals surface area contributed by atoms with E-state index in [2.05, 4.69) is 144 Å². The van der Waals surface area contributed by atoms with Crippen molar-refractivity contribution in [3.05, 3.63) is 170 Å². The number of thiophene rings is 1. The van der Waals surface area contributed by atoms with Crippen LogP contribution in [0.5, 0.6) is 0 Å². The second-order valence-corrected chi connectivity index (χ2v) is 15.1. The summed E-state index contributed by atoms with van der Waals surface area (Å²) < 4.78 is 11.7. The number of hydrogen-bond donors (Lipinski definition) is 0. The molecule has 5 nitrogen and oxygen atoms in total. The molecular weight excluding hydrogens is 693 g/mol. The molecular formula is C49H28N4OS. The van der Waals surface area contributed by atoms with E-state index in [0.29, 0.717) is 17.5 Å². The van der Waals surface area contributed by atoms with Gasteiger partial charge in [0.2, 0.25) is 0 Å². The molecule has 0 saturated carbocycles. The van der Waals surface area contributed by atoms with Crippen LogP contribution in [0.2, 0.25) is 0 Å². The van der Waals surface area contributed by atoms with E-state index in [1.807, 2.05) is 30.3 Å². The molecule has 6 heteroatoms. The van der Waals surface area contributed by atoms with Crippen molar-refractivity contribution < 1.29 is 4.42 Å². The molecule has 8 aromatic carbocycles. The first-order chi connectivity index (χ1) is 27.2. The second kappa shape index (κ2) is 11.7. The number of fused-ring (bicyclic) bond motifs is 10. The number of aromatic nitrogens is 4. The van der Waals surface area contributed by atoms with Gasteiger partial charge in [0.05, 0.1) is 11.0 Å². The molecule has 0 N–H and O–H groups in total. The van der Waals surface area contributed by atoms with Gasteiger partial charge in [-0.15, -0.1) is 11.3 Å². The topological polar surface area (TPSA) is 56.7 Å². The summed E-state index contributed by atoms with van der Waals surface area (Å²) in [7, 11) is 0. The predicted octanol–water partition coefficient (Wildman–Crippen LogP) is 13.4. The van der Waals surface area contributed by atoms with Gasteiger partial charge < -0.3 is 8.98 Å². The summed E-state index contributed by atoms with van der Waals surface area (Å²) in [4.78, 5) is 15.7. The molecule has 0 bridgehead atoms. The Kier molecular flexibility index (Phi) is 6.44. The molecule has 256 valence electrons. The van der Waals surface area contributed by atoms with E-state index in [1.165, 1.54) is 41.7 Å². The van der Waals surface area contributed by atoms with Crippen LogP contribution in [0.4, 0.5) is 0 Å². The van der Waals surface area contributed by atoms with Gasteiger partial charge in [-0.2, -0.15) is 0 Å². The molecule has 0 unspecified atom stereocenters. The maximum absolute atomic E-state index is 6.87. The highest BCUT2D eigenvalue weighted by Gasteiger charge is 2.24. The van der Waals surface area contributed by atoms with Crippen LogP contribution < -0.4 is 0 Å². The Balaban J connectivity index is 1.19. The number of furan rings is 1. The highest BCUT2D eigenvalue weighted by molar-refractivity contribution is 7.25. The van der Waals surface area contributed by atoms with E-state index >= 15 is 0 Å². The van der Waals surface area contributed by atoms with Gasteiger partial charge in [0.15, 0.2) is 23.1 Å². The van der Waals surface area contributed by atoms with Crippen molar-refractivity contribution in [2.24, 2.45) is 0 Å². The van der Waals surface area contributed by atoms with Gasteiger partial charge in [-0.1, -0.05) is 121 Å². The summed E-state index contributed by atoms with van der Waals surface area (Å²) in [5, 5.41) is 9.31. The lowest BCUT2D eigenvalue weighted by Gasteiger charge is -2.15. The summed E-state index contributed by atoms with van der Waals surface area (Å²) in [6.07, 6.45) is 0. The highest BCUT2D eigenvalue weighted by atomic mass is 32.1. The fourth-order valence-electron chi connectivity index (χ4n) is 8.28. The monoisotopic (exact) mass is 720 g/mol. The van der Waals surface area contributed by atoms with Crippen molar-refractivity contribution in [2.45, 2.75) is 0 Å². The molecule has 0 saturated heterocycles. The lowest BCUT2D eigenvalue weighted by Crippen LogP contribution is -2.04. The molecule has 0 aliphatic carbocycles. The first-order valence-electron chi connectivity index (χ1n) is 18.4. The summed E-state index contributed by atoms with van der Waals surface area (Å²) in [6.45, 7) is 0. The van der Waals surface area contributed by atoms with Crippen LogP contribution in [0.1, 0.15) is 0 Å². The normalized spacial score (nSPS) is 12.0. The number of para-hydroxylation sites is 2. The van der Waals surface area contributed by atoms with Crippen LogP contribution in [-0.2, 0) is 0 Å². The molecule has 55 heavy (non-hydrogen) atoms. The van der Waals surface area contributed by atoms with E-state index in [0.717, 1.165) is 55.3 Å². The first kappa shape index (κ1) is 30.3. The zero-order valence-corrected chi connectivity index (χ0v) is 30.1. The third kappa shape index (κ3) is 4.62. The number of benzene rings is 8. The maximum Gasteiger partial charge on any atom is 0.166 e. The molecule has 0 fully saturated rings. The summed E-state index contributed by atoms with van der Waals surface area (Å²) in [5.74, 6) is 1.80. The average Bonchev–Trinajstić information content (AvgIpc) is 3.92. The van der Waals surface area contributed by atoms with E-state index in [4.69, 9.17) is 19.4 Å². The van der Waals surface area contributed by atoms with Gasteiger partial charge in [-0.05, 0) is 59.3 Å². The quantitative estimate of drug-likeness (QED) is 0.182. The standard InChI is InChI=1S/C49H28N4OS/c1-2-12-29(13-3-1)47-50-48(32-22-23-36-35-18-8-11-21-43(35)55-44(36)28-32)52-49(51-47)38-25-24-37-34-17-7-10-20-42(34)54-46(37)45(38)53-40-19-9-6-16-33(40)39-26-30-14-4-5-15-31(30)27-41(39)53/h1-28H. The number of rotatable bonds is 4. The molecule has 0 radical (unpaired) electrons. The van der Waals surface area contributed by atoms with Crippen molar-refractivity contribution in [3.63, 3.8) is 0 Å². The van der Waals surface area contributed by atoms with Crippen molar-refractivity contribution in [2.75, 3.05) is 0 Å². The predicted molar refractivity (Wildman–Crippen MR) is 228 cm³/mol. The van der Waals surface area contributed by atoms with E-state index < -0.39 is 0 Å².